The van der Waals surface area contributed by atoms with Gasteiger partial charge in [0.05, 0.1) is 6.20 Å². The van der Waals surface area contributed by atoms with Crippen LogP contribution in [0.1, 0.15) is 31.2 Å². The van der Waals surface area contributed by atoms with Crippen molar-refractivity contribution in [1.29, 1.82) is 0 Å². The predicted octanol–water partition coefficient (Wildman–Crippen LogP) is 1.28. The van der Waals surface area contributed by atoms with Gasteiger partial charge in [0.2, 0.25) is 0 Å². The monoisotopic (exact) mass is 179 g/mol. The van der Waals surface area contributed by atoms with Gasteiger partial charge in [-0.05, 0) is 37.8 Å². The highest BCUT2D eigenvalue weighted by atomic mass is 15.2. The second-order valence-electron chi connectivity index (χ2n) is 4.02. The van der Waals surface area contributed by atoms with Crippen LogP contribution in [0.2, 0.25) is 0 Å². The second-order valence-corrected chi connectivity index (χ2v) is 4.02. The van der Waals surface area contributed by atoms with Crippen LogP contribution in [0.15, 0.2) is 12.4 Å². The summed E-state index contributed by atoms with van der Waals surface area (Å²) in [4.78, 5) is 0. The van der Waals surface area contributed by atoms with E-state index >= 15 is 0 Å². The molecule has 0 amide bonds. The van der Waals surface area contributed by atoms with E-state index in [2.05, 4.69) is 23.5 Å². The van der Waals surface area contributed by atoms with Gasteiger partial charge in [-0.2, -0.15) is 5.10 Å². The van der Waals surface area contributed by atoms with E-state index in [4.69, 9.17) is 0 Å². The molecule has 1 aliphatic rings. The average Bonchev–Trinajstić information content (AvgIpc) is 2.52. The number of hydrogen-bond acceptors (Lipinski definition) is 2. The molecule has 2 heterocycles. The molecule has 0 radical (unpaired) electrons. The molecule has 1 aliphatic heterocycles. The second kappa shape index (κ2) is 3.50. The van der Waals surface area contributed by atoms with Gasteiger partial charge < -0.3 is 5.32 Å². The molecule has 3 heteroatoms. The molecule has 1 saturated heterocycles. The van der Waals surface area contributed by atoms with E-state index in [1.54, 1.807) is 0 Å². The van der Waals surface area contributed by atoms with Crippen LogP contribution in [-0.4, -0.2) is 22.4 Å². The van der Waals surface area contributed by atoms with E-state index in [1.165, 1.54) is 18.4 Å². The topological polar surface area (TPSA) is 29.9 Å². The van der Waals surface area contributed by atoms with Gasteiger partial charge in [0, 0.05) is 19.3 Å². The fourth-order valence-electron chi connectivity index (χ4n) is 2.09. The number of nitrogens with zero attached hydrogens (tertiary/aromatic N) is 2. The van der Waals surface area contributed by atoms with E-state index in [-0.39, 0.29) is 0 Å². The van der Waals surface area contributed by atoms with Crippen LogP contribution in [0.25, 0.3) is 0 Å². The Balaban J connectivity index is 2.08. The van der Waals surface area contributed by atoms with E-state index in [0.29, 0.717) is 12.0 Å². The first-order valence-corrected chi connectivity index (χ1v) is 4.97. The molecule has 0 saturated carbocycles. The van der Waals surface area contributed by atoms with Crippen molar-refractivity contribution in [3.63, 3.8) is 0 Å². The highest BCUT2D eigenvalue weighted by Gasteiger charge is 2.20. The molecule has 1 aromatic rings. The summed E-state index contributed by atoms with van der Waals surface area (Å²) >= 11 is 0. The summed E-state index contributed by atoms with van der Waals surface area (Å²) in [5.74, 6) is 0.713. The maximum Gasteiger partial charge on any atom is 0.0524 e. The summed E-state index contributed by atoms with van der Waals surface area (Å²) in [6.07, 6.45) is 6.63. The lowest BCUT2D eigenvalue weighted by molar-refractivity contribution is 0.381. The number of nitrogens with one attached hydrogen (secondary N) is 1. The van der Waals surface area contributed by atoms with Crippen molar-refractivity contribution >= 4 is 0 Å². The van der Waals surface area contributed by atoms with Crippen molar-refractivity contribution < 1.29 is 0 Å². The lowest BCUT2D eigenvalue weighted by Crippen LogP contribution is -2.34. The third-order valence-corrected chi connectivity index (χ3v) is 2.82. The Morgan fingerprint density at radius 1 is 1.62 bits per heavy atom. The predicted molar refractivity (Wildman–Crippen MR) is 52.6 cm³/mol. The van der Waals surface area contributed by atoms with Gasteiger partial charge in [0.25, 0.3) is 0 Å². The van der Waals surface area contributed by atoms with Crippen molar-refractivity contribution in [3.8, 4) is 0 Å². The Morgan fingerprint density at radius 2 is 2.46 bits per heavy atom. The lowest BCUT2D eigenvalue weighted by atomic mass is 9.89. The normalized spacial score (nSPS) is 29.1. The highest BCUT2D eigenvalue weighted by molar-refractivity contribution is 5.12. The summed E-state index contributed by atoms with van der Waals surface area (Å²) in [5.41, 5.74) is 1.40. The van der Waals surface area contributed by atoms with E-state index in [1.807, 2.05) is 17.9 Å². The van der Waals surface area contributed by atoms with Crippen LogP contribution < -0.4 is 5.32 Å². The number of aromatic nitrogens is 2. The number of aryl methyl sites for hydroxylation is 1. The highest BCUT2D eigenvalue weighted by Crippen LogP contribution is 2.26. The van der Waals surface area contributed by atoms with Crippen molar-refractivity contribution in [1.82, 2.24) is 15.1 Å². The summed E-state index contributed by atoms with van der Waals surface area (Å²) in [6.45, 7) is 3.39. The fourth-order valence-corrected chi connectivity index (χ4v) is 2.09. The van der Waals surface area contributed by atoms with Gasteiger partial charge in [-0.15, -0.1) is 0 Å². The Kier molecular flexibility index (Phi) is 2.36. The molecule has 1 N–H and O–H groups in total. The zero-order valence-electron chi connectivity index (χ0n) is 8.33. The van der Waals surface area contributed by atoms with Gasteiger partial charge in [-0.3, -0.25) is 4.68 Å². The number of hydrogen-bond donors (Lipinski definition) is 1. The zero-order chi connectivity index (χ0) is 9.26. The minimum atomic E-state index is 0.652. The quantitative estimate of drug-likeness (QED) is 0.703. The van der Waals surface area contributed by atoms with Crippen molar-refractivity contribution in [2.45, 2.75) is 31.7 Å². The summed E-state index contributed by atoms with van der Waals surface area (Å²) in [7, 11) is 1.98. The Hall–Kier alpha value is -0.830. The molecule has 0 bridgehead atoms. The fraction of sp³-hybridized carbons (Fsp3) is 0.700. The first-order chi connectivity index (χ1) is 6.25. The molecule has 1 aromatic heterocycles. The average molecular weight is 179 g/mol. The molecular weight excluding hydrogens is 162 g/mol. The smallest absolute Gasteiger partial charge is 0.0524 e. The van der Waals surface area contributed by atoms with Crippen LogP contribution in [0.3, 0.4) is 0 Å². The van der Waals surface area contributed by atoms with Crippen molar-refractivity contribution in [2.24, 2.45) is 7.05 Å². The Morgan fingerprint density at radius 3 is 3.08 bits per heavy atom. The molecule has 13 heavy (non-hydrogen) atoms. The van der Waals surface area contributed by atoms with Crippen molar-refractivity contribution in [3.05, 3.63) is 18.0 Å². The lowest BCUT2D eigenvalue weighted by Gasteiger charge is -2.27. The third kappa shape index (κ3) is 1.91. The maximum atomic E-state index is 4.21. The standard InChI is InChI=1S/C10H17N3/c1-8-5-9(3-4-11-8)10-6-12-13(2)7-10/h6-9,11H,3-5H2,1-2H3. The minimum Gasteiger partial charge on any atom is -0.314 e. The van der Waals surface area contributed by atoms with E-state index in [9.17, 15) is 0 Å². The summed E-state index contributed by atoms with van der Waals surface area (Å²) in [5, 5.41) is 7.67. The number of piperidine rings is 1. The first-order valence-electron chi connectivity index (χ1n) is 4.97. The van der Waals surface area contributed by atoms with E-state index in [0.717, 1.165) is 6.54 Å². The van der Waals surface area contributed by atoms with Gasteiger partial charge in [-0.1, -0.05) is 0 Å². The molecule has 2 unspecified atom stereocenters. The Labute approximate surface area is 79.1 Å². The SMILES string of the molecule is CC1CC(c2cnn(C)c2)CCN1. The molecule has 2 atom stereocenters. The summed E-state index contributed by atoms with van der Waals surface area (Å²) < 4.78 is 1.89. The van der Waals surface area contributed by atoms with E-state index < -0.39 is 0 Å². The van der Waals surface area contributed by atoms with Crippen LogP contribution in [0.5, 0.6) is 0 Å². The molecule has 3 nitrogen and oxygen atoms in total. The zero-order valence-corrected chi connectivity index (χ0v) is 8.33. The van der Waals surface area contributed by atoms with Crippen LogP contribution in [0.4, 0.5) is 0 Å². The van der Waals surface area contributed by atoms with Gasteiger partial charge >= 0.3 is 0 Å². The summed E-state index contributed by atoms with van der Waals surface area (Å²) in [6, 6.07) is 0.652. The minimum absolute atomic E-state index is 0.652. The third-order valence-electron chi connectivity index (χ3n) is 2.82. The maximum absolute atomic E-state index is 4.21. The van der Waals surface area contributed by atoms with Crippen LogP contribution >= 0.6 is 0 Å². The largest absolute Gasteiger partial charge is 0.314 e. The molecule has 0 aromatic carbocycles. The van der Waals surface area contributed by atoms with Gasteiger partial charge in [0.1, 0.15) is 0 Å². The molecular formula is C10H17N3. The molecule has 0 spiro atoms. The Bertz CT molecular complexity index is 279. The van der Waals surface area contributed by atoms with Gasteiger partial charge in [-0.25, -0.2) is 0 Å². The van der Waals surface area contributed by atoms with Gasteiger partial charge in [0.15, 0.2) is 0 Å². The van der Waals surface area contributed by atoms with Crippen LogP contribution in [-0.2, 0) is 7.05 Å². The number of rotatable bonds is 1. The molecule has 2 rings (SSSR count). The van der Waals surface area contributed by atoms with Crippen LogP contribution in [0, 0.1) is 0 Å². The first kappa shape index (κ1) is 8.75. The molecule has 0 aliphatic carbocycles. The molecule has 72 valence electrons. The van der Waals surface area contributed by atoms with Crippen molar-refractivity contribution in [2.75, 3.05) is 6.54 Å². The molecule has 1 fully saturated rings.